The van der Waals surface area contributed by atoms with Crippen LogP contribution < -0.4 is 5.73 Å². The predicted octanol–water partition coefficient (Wildman–Crippen LogP) is 2.61. The lowest BCUT2D eigenvalue weighted by Crippen LogP contribution is -2.06. The summed E-state index contributed by atoms with van der Waals surface area (Å²) in [5, 5.41) is 0. The highest BCUT2D eigenvalue weighted by Gasteiger charge is 2.17. The number of ether oxygens (including phenoxy) is 1. The molecular formula is C11H14BrNO. The molecule has 2 N–H and O–H groups in total. The van der Waals surface area contributed by atoms with Crippen molar-refractivity contribution in [2.24, 2.45) is 5.92 Å². The molecule has 0 aliphatic carbocycles. The highest BCUT2D eigenvalue weighted by Crippen LogP contribution is 2.27. The number of anilines is 1. The van der Waals surface area contributed by atoms with Crippen LogP contribution in [0.3, 0.4) is 0 Å². The summed E-state index contributed by atoms with van der Waals surface area (Å²) in [4.78, 5) is 0. The fourth-order valence-electron chi connectivity index (χ4n) is 1.82. The van der Waals surface area contributed by atoms with E-state index in [2.05, 4.69) is 22.0 Å². The second kappa shape index (κ2) is 4.32. The molecule has 1 heterocycles. The van der Waals surface area contributed by atoms with Crippen molar-refractivity contribution in [2.45, 2.75) is 12.8 Å². The van der Waals surface area contributed by atoms with Crippen LogP contribution in [-0.4, -0.2) is 13.2 Å². The Bertz CT molecular complexity index is 321. The van der Waals surface area contributed by atoms with E-state index in [1.54, 1.807) is 0 Å². The van der Waals surface area contributed by atoms with Gasteiger partial charge in [-0.15, -0.1) is 0 Å². The van der Waals surface area contributed by atoms with Crippen molar-refractivity contribution in [1.82, 2.24) is 0 Å². The lowest BCUT2D eigenvalue weighted by atomic mass is 9.98. The zero-order chi connectivity index (χ0) is 9.97. The molecule has 0 saturated carbocycles. The molecule has 76 valence electrons. The van der Waals surface area contributed by atoms with Crippen molar-refractivity contribution in [3.05, 3.63) is 28.2 Å². The molecule has 0 bridgehead atoms. The Kier molecular flexibility index (Phi) is 3.08. The van der Waals surface area contributed by atoms with Gasteiger partial charge < -0.3 is 10.5 Å². The van der Waals surface area contributed by atoms with E-state index in [-0.39, 0.29) is 0 Å². The summed E-state index contributed by atoms with van der Waals surface area (Å²) >= 11 is 3.44. The van der Waals surface area contributed by atoms with Gasteiger partial charge in [0.1, 0.15) is 0 Å². The van der Waals surface area contributed by atoms with Gasteiger partial charge in [-0.05, 0) is 46.3 Å². The molecule has 0 aromatic heterocycles. The summed E-state index contributed by atoms with van der Waals surface area (Å²) in [5.74, 6) is 0.645. The number of benzene rings is 1. The third-order valence-electron chi connectivity index (χ3n) is 2.68. The van der Waals surface area contributed by atoms with E-state index in [0.29, 0.717) is 5.92 Å². The Labute approximate surface area is 92.6 Å². The fraction of sp³-hybridized carbons (Fsp3) is 0.455. The van der Waals surface area contributed by atoms with Crippen molar-refractivity contribution in [2.75, 3.05) is 18.9 Å². The predicted molar refractivity (Wildman–Crippen MR) is 61.2 cm³/mol. The molecule has 1 saturated heterocycles. The van der Waals surface area contributed by atoms with Crippen LogP contribution in [0.1, 0.15) is 12.0 Å². The quantitative estimate of drug-likeness (QED) is 0.825. The fourth-order valence-corrected chi connectivity index (χ4v) is 2.22. The normalized spacial score (nSPS) is 21.4. The van der Waals surface area contributed by atoms with Crippen molar-refractivity contribution in [3.63, 3.8) is 0 Å². The third kappa shape index (κ3) is 2.10. The van der Waals surface area contributed by atoms with Crippen molar-refractivity contribution >= 4 is 21.6 Å². The molecule has 14 heavy (non-hydrogen) atoms. The Morgan fingerprint density at radius 3 is 3.07 bits per heavy atom. The van der Waals surface area contributed by atoms with E-state index in [4.69, 9.17) is 10.5 Å². The maximum atomic E-state index is 5.97. The number of nitrogens with two attached hydrogens (primary N) is 1. The van der Waals surface area contributed by atoms with Gasteiger partial charge >= 0.3 is 0 Å². The first kappa shape index (κ1) is 9.99. The van der Waals surface area contributed by atoms with Crippen molar-refractivity contribution in [1.29, 1.82) is 0 Å². The number of halogens is 1. The van der Waals surface area contributed by atoms with Gasteiger partial charge in [0, 0.05) is 23.4 Å². The van der Waals surface area contributed by atoms with Crippen LogP contribution in [0.4, 0.5) is 5.69 Å². The van der Waals surface area contributed by atoms with Crippen LogP contribution in [-0.2, 0) is 11.2 Å². The monoisotopic (exact) mass is 255 g/mol. The number of hydrogen-bond acceptors (Lipinski definition) is 2. The van der Waals surface area contributed by atoms with Gasteiger partial charge in [-0.1, -0.05) is 12.1 Å². The molecular weight excluding hydrogens is 242 g/mol. The van der Waals surface area contributed by atoms with E-state index in [1.165, 1.54) is 5.56 Å². The highest BCUT2D eigenvalue weighted by molar-refractivity contribution is 9.10. The minimum atomic E-state index is 0.645. The highest BCUT2D eigenvalue weighted by atomic mass is 79.9. The molecule has 1 aromatic carbocycles. The minimum absolute atomic E-state index is 0.645. The number of hydrogen-bond donors (Lipinski definition) is 1. The molecule has 3 heteroatoms. The molecule has 1 aromatic rings. The van der Waals surface area contributed by atoms with Crippen LogP contribution >= 0.6 is 15.9 Å². The number of rotatable bonds is 2. The topological polar surface area (TPSA) is 35.2 Å². The maximum Gasteiger partial charge on any atom is 0.0498 e. The molecule has 0 radical (unpaired) electrons. The third-order valence-corrected chi connectivity index (χ3v) is 3.37. The van der Waals surface area contributed by atoms with Gasteiger partial charge in [0.25, 0.3) is 0 Å². The Morgan fingerprint density at radius 1 is 1.50 bits per heavy atom. The van der Waals surface area contributed by atoms with E-state index in [0.717, 1.165) is 36.2 Å². The molecule has 1 aliphatic rings. The van der Waals surface area contributed by atoms with Crippen molar-refractivity contribution in [3.8, 4) is 0 Å². The van der Waals surface area contributed by atoms with Gasteiger partial charge in [0.05, 0.1) is 0 Å². The zero-order valence-electron chi connectivity index (χ0n) is 8.00. The second-order valence-corrected chi connectivity index (χ2v) is 4.60. The lowest BCUT2D eigenvalue weighted by Gasteiger charge is -2.10. The van der Waals surface area contributed by atoms with Gasteiger partial charge in [-0.25, -0.2) is 0 Å². The van der Waals surface area contributed by atoms with Crippen molar-refractivity contribution < 1.29 is 4.74 Å². The zero-order valence-corrected chi connectivity index (χ0v) is 9.59. The lowest BCUT2D eigenvalue weighted by molar-refractivity contribution is 0.186. The van der Waals surface area contributed by atoms with Crippen LogP contribution in [0.25, 0.3) is 0 Å². The van der Waals surface area contributed by atoms with Gasteiger partial charge in [-0.2, -0.15) is 0 Å². The van der Waals surface area contributed by atoms with Gasteiger partial charge in [-0.3, -0.25) is 0 Å². The summed E-state index contributed by atoms with van der Waals surface area (Å²) in [7, 11) is 0. The number of para-hydroxylation sites is 1. The summed E-state index contributed by atoms with van der Waals surface area (Å²) in [6, 6.07) is 6.11. The van der Waals surface area contributed by atoms with E-state index in [9.17, 15) is 0 Å². The summed E-state index contributed by atoms with van der Waals surface area (Å²) in [5.41, 5.74) is 8.08. The number of nitrogen functional groups attached to an aromatic ring is 1. The molecule has 1 fully saturated rings. The van der Waals surface area contributed by atoms with Crippen LogP contribution in [0.15, 0.2) is 22.7 Å². The summed E-state index contributed by atoms with van der Waals surface area (Å²) < 4.78 is 6.34. The molecule has 1 unspecified atom stereocenters. The van der Waals surface area contributed by atoms with E-state index >= 15 is 0 Å². The smallest absolute Gasteiger partial charge is 0.0498 e. The summed E-state index contributed by atoms with van der Waals surface area (Å²) in [6.07, 6.45) is 2.19. The SMILES string of the molecule is Nc1c(Br)cccc1CC1CCOC1. The maximum absolute atomic E-state index is 5.97. The molecule has 0 spiro atoms. The average molecular weight is 256 g/mol. The first-order valence-corrected chi connectivity index (χ1v) is 5.67. The minimum Gasteiger partial charge on any atom is -0.398 e. The van der Waals surface area contributed by atoms with E-state index < -0.39 is 0 Å². The van der Waals surface area contributed by atoms with Gasteiger partial charge in [0.2, 0.25) is 0 Å². The second-order valence-electron chi connectivity index (χ2n) is 3.75. The Balaban J connectivity index is 2.11. The van der Waals surface area contributed by atoms with E-state index in [1.807, 2.05) is 12.1 Å². The molecule has 0 amide bonds. The summed E-state index contributed by atoms with van der Waals surface area (Å²) in [6.45, 7) is 1.78. The average Bonchev–Trinajstić information content (AvgIpc) is 2.66. The standard InChI is InChI=1S/C11H14BrNO/c12-10-3-1-2-9(11(10)13)6-8-4-5-14-7-8/h1-3,8H,4-7,13H2. The van der Waals surface area contributed by atoms with Crippen LogP contribution in [0, 0.1) is 5.92 Å². The molecule has 1 atom stereocenters. The van der Waals surface area contributed by atoms with Crippen LogP contribution in [0.2, 0.25) is 0 Å². The Morgan fingerprint density at radius 2 is 2.36 bits per heavy atom. The first-order valence-electron chi connectivity index (χ1n) is 4.88. The molecule has 2 nitrogen and oxygen atoms in total. The van der Waals surface area contributed by atoms with Crippen LogP contribution in [0.5, 0.6) is 0 Å². The Hall–Kier alpha value is -0.540. The largest absolute Gasteiger partial charge is 0.398 e. The van der Waals surface area contributed by atoms with Gasteiger partial charge in [0.15, 0.2) is 0 Å². The first-order chi connectivity index (χ1) is 6.77. The molecule has 1 aliphatic heterocycles. The molecule has 2 rings (SSSR count).